The Morgan fingerprint density at radius 1 is 1.20 bits per heavy atom. The van der Waals surface area contributed by atoms with Gasteiger partial charge in [0.2, 0.25) is 0 Å². The molecular formula is C12H20N2O. The molecule has 0 saturated carbocycles. The van der Waals surface area contributed by atoms with Crippen molar-refractivity contribution in [3.63, 3.8) is 0 Å². The van der Waals surface area contributed by atoms with Crippen LogP contribution in [0.1, 0.15) is 12.0 Å². The minimum atomic E-state index is 0.234. The number of likely N-dealkylation sites (N-methyl/N-ethyl adjacent to an activating group) is 1. The van der Waals surface area contributed by atoms with Crippen molar-refractivity contribution in [3.05, 3.63) is 29.8 Å². The van der Waals surface area contributed by atoms with Crippen LogP contribution in [0.5, 0.6) is 0 Å². The van der Waals surface area contributed by atoms with Crippen LogP contribution in [0.2, 0.25) is 0 Å². The molecule has 0 amide bonds. The van der Waals surface area contributed by atoms with Crippen molar-refractivity contribution < 1.29 is 5.11 Å². The number of hydrogen-bond acceptors (Lipinski definition) is 3. The van der Waals surface area contributed by atoms with Crippen molar-refractivity contribution in [2.45, 2.75) is 12.8 Å². The molecule has 0 fully saturated rings. The molecule has 3 heteroatoms. The lowest BCUT2D eigenvalue weighted by Gasteiger charge is -2.14. The van der Waals surface area contributed by atoms with E-state index in [1.807, 2.05) is 19.2 Å². The van der Waals surface area contributed by atoms with Crippen molar-refractivity contribution in [1.82, 2.24) is 4.90 Å². The molecule has 1 aromatic rings. The molecule has 0 bridgehead atoms. The molecule has 15 heavy (non-hydrogen) atoms. The summed E-state index contributed by atoms with van der Waals surface area (Å²) in [5.41, 5.74) is 7.74. The highest BCUT2D eigenvalue weighted by molar-refractivity contribution is 5.39. The fourth-order valence-corrected chi connectivity index (χ4v) is 1.52. The third-order valence-electron chi connectivity index (χ3n) is 2.47. The first kappa shape index (κ1) is 12.0. The standard InChI is InChI=1S/C12H20N2O/c1-14(9-10-15)8-2-3-11-4-6-12(13)7-5-11/h4-7,15H,2-3,8-10,13H2,1H3. The third-order valence-corrected chi connectivity index (χ3v) is 2.47. The summed E-state index contributed by atoms with van der Waals surface area (Å²) in [7, 11) is 2.03. The van der Waals surface area contributed by atoms with Crippen LogP contribution in [-0.4, -0.2) is 36.8 Å². The molecule has 0 aromatic heterocycles. The smallest absolute Gasteiger partial charge is 0.0558 e. The van der Waals surface area contributed by atoms with Crippen LogP contribution < -0.4 is 5.73 Å². The first-order valence-corrected chi connectivity index (χ1v) is 5.36. The minimum Gasteiger partial charge on any atom is -0.399 e. The molecule has 0 unspecified atom stereocenters. The fraction of sp³-hybridized carbons (Fsp3) is 0.500. The summed E-state index contributed by atoms with van der Waals surface area (Å²) in [6.45, 7) is 2.01. The minimum absolute atomic E-state index is 0.234. The van der Waals surface area contributed by atoms with E-state index in [0.29, 0.717) is 0 Å². The number of nitrogens with zero attached hydrogens (tertiary/aromatic N) is 1. The molecule has 1 rings (SSSR count). The number of hydrogen-bond donors (Lipinski definition) is 2. The Bertz CT molecular complexity index is 271. The Balaban J connectivity index is 2.22. The molecule has 0 radical (unpaired) electrons. The number of anilines is 1. The van der Waals surface area contributed by atoms with Crippen LogP contribution in [-0.2, 0) is 6.42 Å². The molecular weight excluding hydrogens is 188 g/mol. The van der Waals surface area contributed by atoms with Gasteiger partial charge in [-0.25, -0.2) is 0 Å². The van der Waals surface area contributed by atoms with Gasteiger partial charge in [-0.3, -0.25) is 0 Å². The van der Waals surface area contributed by atoms with Gasteiger partial charge in [0.05, 0.1) is 6.61 Å². The van der Waals surface area contributed by atoms with Gasteiger partial charge < -0.3 is 15.7 Å². The van der Waals surface area contributed by atoms with Crippen LogP contribution >= 0.6 is 0 Å². The topological polar surface area (TPSA) is 49.5 Å². The average Bonchev–Trinajstić information content (AvgIpc) is 2.21. The van der Waals surface area contributed by atoms with Crippen LogP contribution in [0.15, 0.2) is 24.3 Å². The first-order valence-electron chi connectivity index (χ1n) is 5.36. The molecule has 0 aliphatic rings. The Kier molecular flexibility index (Phi) is 5.15. The zero-order chi connectivity index (χ0) is 11.1. The summed E-state index contributed by atoms with van der Waals surface area (Å²) >= 11 is 0. The highest BCUT2D eigenvalue weighted by Gasteiger charge is 1.97. The number of aliphatic hydroxyl groups excluding tert-OH is 1. The van der Waals surface area contributed by atoms with Crippen molar-refractivity contribution in [3.8, 4) is 0 Å². The second-order valence-electron chi connectivity index (χ2n) is 3.87. The second-order valence-corrected chi connectivity index (χ2v) is 3.87. The van der Waals surface area contributed by atoms with E-state index in [1.165, 1.54) is 5.56 Å². The van der Waals surface area contributed by atoms with Crippen molar-refractivity contribution in [2.24, 2.45) is 0 Å². The highest BCUT2D eigenvalue weighted by atomic mass is 16.3. The lowest BCUT2D eigenvalue weighted by atomic mass is 10.1. The second kappa shape index (κ2) is 6.43. The maximum Gasteiger partial charge on any atom is 0.0558 e. The van der Waals surface area contributed by atoms with Crippen molar-refractivity contribution in [1.29, 1.82) is 0 Å². The summed E-state index contributed by atoms with van der Waals surface area (Å²) in [5.74, 6) is 0. The molecule has 0 heterocycles. The van der Waals surface area contributed by atoms with E-state index in [-0.39, 0.29) is 6.61 Å². The predicted octanol–water partition coefficient (Wildman–Crippen LogP) is 1.13. The van der Waals surface area contributed by atoms with Crippen molar-refractivity contribution >= 4 is 5.69 Å². The van der Waals surface area contributed by atoms with Gasteiger partial charge in [0.15, 0.2) is 0 Å². The monoisotopic (exact) mass is 208 g/mol. The maximum absolute atomic E-state index is 8.73. The predicted molar refractivity (Wildman–Crippen MR) is 63.8 cm³/mol. The zero-order valence-corrected chi connectivity index (χ0v) is 9.32. The van der Waals surface area contributed by atoms with Crippen LogP contribution in [0.3, 0.4) is 0 Å². The molecule has 84 valence electrons. The molecule has 0 spiro atoms. The number of rotatable bonds is 6. The van der Waals surface area contributed by atoms with Gasteiger partial charge in [-0.1, -0.05) is 12.1 Å². The Morgan fingerprint density at radius 3 is 2.47 bits per heavy atom. The quantitative estimate of drug-likeness (QED) is 0.689. The van der Waals surface area contributed by atoms with E-state index in [4.69, 9.17) is 10.8 Å². The highest BCUT2D eigenvalue weighted by Crippen LogP contribution is 2.07. The zero-order valence-electron chi connectivity index (χ0n) is 9.32. The number of nitrogen functional groups attached to an aromatic ring is 1. The molecule has 0 aliphatic heterocycles. The maximum atomic E-state index is 8.73. The van der Waals surface area contributed by atoms with Gasteiger partial charge >= 0.3 is 0 Å². The SMILES string of the molecule is CN(CCO)CCCc1ccc(N)cc1. The third kappa shape index (κ3) is 4.81. The fourth-order valence-electron chi connectivity index (χ4n) is 1.52. The number of benzene rings is 1. The van der Waals surface area contributed by atoms with E-state index in [2.05, 4.69) is 17.0 Å². The van der Waals surface area contributed by atoms with Gasteiger partial charge in [-0.2, -0.15) is 0 Å². The number of nitrogens with two attached hydrogens (primary N) is 1. The molecule has 0 saturated heterocycles. The molecule has 0 aliphatic carbocycles. The lowest BCUT2D eigenvalue weighted by Crippen LogP contribution is -2.23. The average molecular weight is 208 g/mol. The normalized spacial score (nSPS) is 10.9. The van der Waals surface area contributed by atoms with Crippen molar-refractivity contribution in [2.75, 3.05) is 32.5 Å². The Labute approximate surface area is 91.5 Å². The van der Waals surface area contributed by atoms with E-state index < -0.39 is 0 Å². The number of aryl methyl sites for hydroxylation is 1. The molecule has 3 N–H and O–H groups in total. The summed E-state index contributed by atoms with van der Waals surface area (Å²) in [4.78, 5) is 2.14. The summed E-state index contributed by atoms with van der Waals surface area (Å²) in [5, 5.41) is 8.73. The van der Waals surface area contributed by atoms with Crippen LogP contribution in [0.25, 0.3) is 0 Å². The largest absolute Gasteiger partial charge is 0.399 e. The Morgan fingerprint density at radius 2 is 1.87 bits per heavy atom. The molecule has 1 aromatic carbocycles. The molecule has 0 atom stereocenters. The first-order chi connectivity index (χ1) is 7.22. The van der Waals surface area contributed by atoms with Gasteiger partial charge in [-0.05, 0) is 44.1 Å². The van der Waals surface area contributed by atoms with Gasteiger partial charge in [0.25, 0.3) is 0 Å². The van der Waals surface area contributed by atoms with Crippen LogP contribution in [0.4, 0.5) is 5.69 Å². The van der Waals surface area contributed by atoms with E-state index in [9.17, 15) is 0 Å². The lowest BCUT2D eigenvalue weighted by molar-refractivity contribution is 0.220. The van der Waals surface area contributed by atoms with E-state index in [1.54, 1.807) is 0 Å². The molecule has 3 nitrogen and oxygen atoms in total. The van der Waals surface area contributed by atoms with Gasteiger partial charge in [0.1, 0.15) is 0 Å². The van der Waals surface area contributed by atoms with Gasteiger partial charge in [0, 0.05) is 12.2 Å². The summed E-state index contributed by atoms with van der Waals surface area (Å²) in [6.07, 6.45) is 2.18. The van der Waals surface area contributed by atoms with Gasteiger partial charge in [-0.15, -0.1) is 0 Å². The van der Waals surface area contributed by atoms with E-state index >= 15 is 0 Å². The van der Waals surface area contributed by atoms with E-state index in [0.717, 1.165) is 31.6 Å². The number of aliphatic hydroxyl groups is 1. The Hall–Kier alpha value is -1.06. The summed E-state index contributed by atoms with van der Waals surface area (Å²) < 4.78 is 0. The van der Waals surface area contributed by atoms with Crippen LogP contribution in [0, 0.1) is 0 Å². The summed E-state index contributed by atoms with van der Waals surface area (Å²) in [6, 6.07) is 8.02.